The molecule has 96 valence electrons. The number of hydrogen-bond donors (Lipinski definition) is 1. The fourth-order valence-electron chi connectivity index (χ4n) is 2.72. The first-order valence-corrected chi connectivity index (χ1v) is 6.99. The van der Waals surface area contributed by atoms with E-state index in [0.717, 1.165) is 4.47 Å². The second-order valence-corrected chi connectivity index (χ2v) is 5.84. The Morgan fingerprint density at radius 1 is 1.24 bits per heavy atom. The molecule has 0 aromatic heterocycles. The highest BCUT2D eigenvalue weighted by Gasteiger charge is 2.22. The number of halogens is 2. The summed E-state index contributed by atoms with van der Waals surface area (Å²) >= 11 is 3.53. The van der Waals surface area contributed by atoms with Crippen LogP contribution in [-0.4, -0.2) is 0 Å². The predicted octanol–water partition coefficient (Wildman–Crippen LogP) is 4.76. The molecule has 0 aliphatic heterocycles. The van der Waals surface area contributed by atoms with Crippen LogP contribution in [0.25, 0.3) is 0 Å². The maximum Gasteiger partial charge on any atom is 0.0326 e. The van der Waals surface area contributed by atoms with Gasteiger partial charge in [0.1, 0.15) is 0 Å². The van der Waals surface area contributed by atoms with Gasteiger partial charge in [-0.1, -0.05) is 41.3 Å². The van der Waals surface area contributed by atoms with Gasteiger partial charge in [0.25, 0.3) is 0 Å². The molecule has 1 aliphatic carbocycles. The number of aryl methyl sites for hydroxylation is 1. The van der Waals surface area contributed by atoms with Crippen molar-refractivity contribution in [3.63, 3.8) is 0 Å². The van der Waals surface area contributed by atoms with Gasteiger partial charge in [0.2, 0.25) is 0 Å². The van der Waals surface area contributed by atoms with E-state index in [1.165, 1.54) is 43.2 Å². The van der Waals surface area contributed by atoms with E-state index in [1.54, 1.807) is 0 Å². The molecule has 1 atom stereocenters. The lowest BCUT2D eigenvalue weighted by Gasteiger charge is -2.28. The molecule has 1 nitrogen and oxygen atoms in total. The third-order valence-electron chi connectivity index (χ3n) is 3.76. The number of rotatable bonds is 2. The first-order valence-electron chi connectivity index (χ1n) is 6.20. The molecule has 17 heavy (non-hydrogen) atoms. The summed E-state index contributed by atoms with van der Waals surface area (Å²) in [7, 11) is 0. The van der Waals surface area contributed by atoms with Crippen molar-refractivity contribution >= 4 is 28.3 Å². The van der Waals surface area contributed by atoms with Crippen LogP contribution in [0.5, 0.6) is 0 Å². The molecule has 2 rings (SSSR count). The highest BCUT2D eigenvalue weighted by atomic mass is 79.9. The quantitative estimate of drug-likeness (QED) is 0.836. The summed E-state index contributed by atoms with van der Waals surface area (Å²) < 4.78 is 1.14. The van der Waals surface area contributed by atoms with Gasteiger partial charge >= 0.3 is 0 Å². The summed E-state index contributed by atoms with van der Waals surface area (Å²) in [6.45, 7) is 2.16. The van der Waals surface area contributed by atoms with Gasteiger partial charge in [-0.05, 0) is 48.9 Å². The van der Waals surface area contributed by atoms with E-state index in [1.807, 2.05) is 0 Å². The van der Waals surface area contributed by atoms with Gasteiger partial charge in [0, 0.05) is 10.5 Å². The normalized spacial score (nSPS) is 18.5. The minimum absolute atomic E-state index is 0. The number of benzene rings is 1. The van der Waals surface area contributed by atoms with Crippen LogP contribution in [-0.2, 0) is 0 Å². The summed E-state index contributed by atoms with van der Waals surface area (Å²) in [6, 6.07) is 6.65. The molecule has 3 heteroatoms. The van der Waals surface area contributed by atoms with Crippen LogP contribution < -0.4 is 5.73 Å². The average Bonchev–Trinajstić information content (AvgIpc) is 2.32. The Kier molecular flexibility index (Phi) is 5.98. The smallest absolute Gasteiger partial charge is 0.0326 e. The van der Waals surface area contributed by atoms with E-state index in [2.05, 4.69) is 41.1 Å². The minimum Gasteiger partial charge on any atom is -0.324 e. The highest BCUT2D eigenvalue weighted by Crippen LogP contribution is 2.34. The van der Waals surface area contributed by atoms with Crippen molar-refractivity contribution in [2.24, 2.45) is 11.7 Å². The molecule has 0 amide bonds. The molecule has 1 aromatic carbocycles. The Hall–Kier alpha value is -0.0500. The van der Waals surface area contributed by atoms with E-state index in [-0.39, 0.29) is 18.4 Å². The molecule has 0 heterocycles. The van der Waals surface area contributed by atoms with Crippen LogP contribution in [0, 0.1) is 12.8 Å². The van der Waals surface area contributed by atoms with E-state index >= 15 is 0 Å². The fourth-order valence-corrected chi connectivity index (χ4v) is 3.10. The molecule has 1 saturated carbocycles. The highest BCUT2D eigenvalue weighted by molar-refractivity contribution is 9.10. The number of nitrogens with two attached hydrogens (primary N) is 1. The van der Waals surface area contributed by atoms with Crippen molar-refractivity contribution in [1.82, 2.24) is 0 Å². The summed E-state index contributed by atoms with van der Waals surface area (Å²) in [4.78, 5) is 0. The minimum atomic E-state index is 0. The zero-order chi connectivity index (χ0) is 11.5. The van der Waals surface area contributed by atoms with Gasteiger partial charge in [-0.2, -0.15) is 0 Å². The van der Waals surface area contributed by atoms with E-state index < -0.39 is 0 Å². The Morgan fingerprint density at radius 2 is 1.88 bits per heavy atom. The lowest BCUT2D eigenvalue weighted by atomic mass is 9.80. The largest absolute Gasteiger partial charge is 0.324 e. The Balaban J connectivity index is 0.00000144. The summed E-state index contributed by atoms with van der Waals surface area (Å²) in [5.74, 6) is 0.682. The molecule has 0 radical (unpaired) electrons. The standard InChI is InChI=1S/C14H20BrN.ClH/c1-10-7-8-12(15)9-13(10)14(16)11-5-3-2-4-6-11;/h7-9,11,14H,2-6,16H2,1H3;1H/t14-;/m1./s1. The van der Waals surface area contributed by atoms with Crippen molar-refractivity contribution in [1.29, 1.82) is 0 Å². The molecule has 1 aromatic rings. The van der Waals surface area contributed by atoms with Crippen LogP contribution in [0.15, 0.2) is 22.7 Å². The predicted molar refractivity (Wildman–Crippen MR) is 79.6 cm³/mol. The fraction of sp³-hybridized carbons (Fsp3) is 0.571. The average molecular weight is 319 g/mol. The molecule has 1 aliphatic rings. The molecule has 0 saturated heterocycles. The molecule has 2 N–H and O–H groups in total. The number of hydrogen-bond acceptors (Lipinski definition) is 1. The molecule has 0 unspecified atom stereocenters. The second-order valence-electron chi connectivity index (χ2n) is 4.92. The van der Waals surface area contributed by atoms with Crippen LogP contribution in [0.4, 0.5) is 0 Å². The van der Waals surface area contributed by atoms with Gasteiger partial charge < -0.3 is 5.73 Å². The van der Waals surface area contributed by atoms with Gasteiger partial charge in [-0.25, -0.2) is 0 Å². The van der Waals surface area contributed by atoms with Crippen LogP contribution in [0.2, 0.25) is 0 Å². The van der Waals surface area contributed by atoms with Crippen molar-refractivity contribution < 1.29 is 0 Å². The molecule has 0 spiro atoms. The van der Waals surface area contributed by atoms with Gasteiger partial charge in [-0.3, -0.25) is 0 Å². The molecule has 0 bridgehead atoms. The molecule has 1 fully saturated rings. The van der Waals surface area contributed by atoms with Crippen LogP contribution in [0.3, 0.4) is 0 Å². The summed E-state index contributed by atoms with van der Waals surface area (Å²) in [5, 5.41) is 0. The van der Waals surface area contributed by atoms with Gasteiger partial charge in [-0.15, -0.1) is 12.4 Å². The third kappa shape index (κ3) is 3.70. The van der Waals surface area contributed by atoms with Crippen molar-refractivity contribution in [2.45, 2.75) is 45.1 Å². The molecular weight excluding hydrogens is 298 g/mol. The Bertz CT molecular complexity index is 361. The van der Waals surface area contributed by atoms with Crippen LogP contribution in [0.1, 0.15) is 49.3 Å². The zero-order valence-electron chi connectivity index (χ0n) is 10.3. The van der Waals surface area contributed by atoms with Crippen molar-refractivity contribution in [3.05, 3.63) is 33.8 Å². The van der Waals surface area contributed by atoms with E-state index in [0.29, 0.717) is 5.92 Å². The topological polar surface area (TPSA) is 26.0 Å². The SMILES string of the molecule is Cc1ccc(Br)cc1[C@H](N)C1CCCCC1.Cl. The Morgan fingerprint density at radius 3 is 2.53 bits per heavy atom. The third-order valence-corrected chi connectivity index (χ3v) is 4.25. The lowest BCUT2D eigenvalue weighted by Crippen LogP contribution is -2.24. The maximum atomic E-state index is 6.42. The summed E-state index contributed by atoms with van der Waals surface area (Å²) in [5.41, 5.74) is 9.06. The van der Waals surface area contributed by atoms with Gasteiger partial charge in [0.15, 0.2) is 0 Å². The van der Waals surface area contributed by atoms with E-state index in [9.17, 15) is 0 Å². The summed E-state index contributed by atoms with van der Waals surface area (Å²) in [6.07, 6.45) is 6.69. The monoisotopic (exact) mass is 317 g/mol. The zero-order valence-corrected chi connectivity index (χ0v) is 12.7. The molecular formula is C14H21BrClN. The maximum absolute atomic E-state index is 6.42. The lowest BCUT2D eigenvalue weighted by molar-refractivity contribution is 0.307. The van der Waals surface area contributed by atoms with E-state index in [4.69, 9.17) is 5.73 Å². The van der Waals surface area contributed by atoms with Crippen molar-refractivity contribution in [3.8, 4) is 0 Å². The van der Waals surface area contributed by atoms with Crippen molar-refractivity contribution in [2.75, 3.05) is 0 Å². The Labute approximate surface area is 119 Å². The first kappa shape index (κ1) is 15.0. The van der Waals surface area contributed by atoms with Crippen LogP contribution >= 0.6 is 28.3 Å². The van der Waals surface area contributed by atoms with Gasteiger partial charge in [0.05, 0.1) is 0 Å². The first-order chi connectivity index (χ1) is 7.68. The second kappa shape index (κ2) is 6.77.